The van der Waals surface area contributed by atoms with Crippen LogP contribution in [0.25, 0.3) is 10.9 Å². The second-order valence-electron chi connectivity index (χ2n) is 3.16. The van der Waals surface area contributed by atoms with Crippen LogP contribution in [0.1, 0.15) is 11.7 Å². The van der Waals surface area contributed by atoms with Crippen molar-refractivity contribution in [1.82, 2.24) is 4.98 Å². The number of alkyl halides is 1. The lowest BCUT2D eigenvalue weighted by Crippen LogP contribution is -2.07. The van der Waals surface area contributed by atoms with Gasteiger partial charge >= 0.3 is 0 Å². The van der Waals surface area contributed by atoms with E-state index in [9.17, 15) is 4.39 Å². The summed E-state index contributed by atoms with van der Waals surface area (Å²) in [7, 11) is 0. The van der Waals surface area contributed by atoms with Crippen LogP contribution in [0.15, 0.2) is 36.5 Å². The van der Waals surface area contributed by atoms with E-state index in [0.29, 0.717) is 5.56 Å². The summed E-state index contributed by atoms with van der Waals surface area (Å²) >= 11 is 0. The van der Waals surface area contributed by atoms with Crippen LogP contribution in [0, 0.1) is 0 Å². The Bertz CT molecular complexity index is 442. The molecule has 2 N–H and O–H groups in total. The molecule has 1 unspecified atom stereocenters. The normalized spacial score (nSPS) is 13.0. The quantitative estimate of drug-likeness (QED) is 0.788. The van der Waals surface area contributed by atoms with Crippen molar-refractivity contribution in [2.45, 2.75) is 6.17 Å². The topological polar surface area (TPSA) is 38.9 Å². The molecule has 72 valence electrons. The molecule has 0 aliphatic heterocycles. The first-order valence-corrected chi connectivity index (χ1v) is 4.50. The number of halogens is 1. The molecule has 0 aliphatic rings. The summed E-state index contributed by atoms with van der Waals surface area (Å²) < 4.78 is 13.2. The average molecular weight is 190 g/mol. The number of hydrogen-bond donors (Lipinski definition) is 1. The summed E-state index contributed by atoms with van der Waals surface area (Å²) in [5, 5.41) is 0.945. The van der Waals surface area contributed by atoms with Crippen LogP contribution in [0.4, 0.5) is 4.39 Å². The molecular formula is C11H11FN2. The van der Waals surface area contributed by atoms with Crippen molar-refractivity contribution in [3.05, 3.63) is 42.1 Å². The van der Waals surface area contributed by atoms with E-state index in [0.717, 1.165) is 10.9 Å². The molecule has 1 aromatic carbocycles. The van der Waals surface area contributed by atoms with E-state index in [1.54, 1.807) is 18.3 Å². The summed E-state index contributed by atoms with van der Waals surface area (Å²) in [6, 6.07) is 9.08. The van der Waals surface area contributed by atoms with Crippen LogP contribution < -0.4 is 5.73 Å². The summed E-state index contributed by atoms with van der Waals surface area (Å²) in [5.74, 6) is 0. The lowest BCUT2D eigenvalue weighted by Gasteiger charge is -2.06. The standard InChI is InChI=1S/C11H11FN2/c12-10(7-13)8-3-4-11-9(6-8)2-1-5-14-11/h1-6,10H,7,13H2. The molecule has 14 heavy (non-hydrogen) atoms. The van der Waals surface area contributed by atoms with E-state index in [1.807, 2.05) is 18.2 Å². The molecule has 0 saturated carbocycles. The molecule has 2 aromatic rings. The van der Waals surface area contributed by atoms with Crippen LogP contribution in [0.3, 0.4) is 0 Å². The van der Waals surface area contributed by atoms with Gasteiger partial charge in [0.15, 0.2) is 0 Å². The molecule has 0 aliphatic carbocycles. The van der Waals surface area contributed by atoms with Crippen molar-refractivity contribution in [2.24, 2.45) is 5.73 Å². The van der Waals surface area contributed by atoms with Gasteiger partial charge in [-0.05, 0) is 23.8 Å². The maximum absolute atomic E-state index is 13.2. The van der Waals surface area contributed by atoms with Crippen molar-refractivity contribution < 1.29 is 4.39 Å². The van der Waals surface area contributed by atoms with Gasteiger partial charge in [-0.1, -0.05) is 12.1 Å². The minimum absolute atomic E-state index is 0.0196. The molecule has 0 saturated heterocycles. The Morgan fingerprint density at radius 2 is 2.21 bits per heavy atom. The molecule has 0 fully saturated rings. The highest BCUT2D eigenvalue weighted by Gasteiger charge is 2.07. The number of aromatic nitrogens is 1. The van der Waals surface area contributed by atoms with Gasteiger partial charge in [-0.3, -0.25) is 4.98 Å². The van der Waals surface area contributed by atoms with Gasteiger partial charge in [0.05, 0.1) is 5.52 Å². The van der Waals surface area contributed by atoms with Crippen LogP contribution in [-0.2, 0) is 0 Å². The number of benzene rings is 1. The van der Waals surface area contributed by atoms with Gasteiger partial charge in [0, 0.05) is 18.1 Å². The van der Waals surface area contributed by atoms with Crippen LogP contribution in [0.5, 0.6) is 0 Å². The molecule has 0 spiro atoms. The number of rotatable bonds is 2. The van der Waals surface area contributed by atoms with Gasteiger partial charge in [0.1, 0.15) is 6.17 Å². The van der Waals surface area contributed by atoms with E-state index < -0.39 is 6.17 Å². The predicted molar refractivity (Wildman–Crippen MR) is 54.6 cm³/mol. The molecule has 0 amide bonds. The van der Waals surface area contributed by atoms with Gasteiger partial charge in [-0.15, -0.1) is 0 Å². The van der Waals surface area contributed by atoms with E-state index in [-0.39, 0.29) is 6.54 Å². The summed E-state index contributed by atoms with van der Waals surface area (Å²) in [4.78, 5) is 4.15. The second kappa shape index (κ2) is 3.72. The number of hydrogen-bond acceptors (Lipinski definition) is 2. The zero-order valence-corrected chi connectivity index (χ0v) is 7.65. The van der Waals surface area contributed by atoms with Crippen LogP contribution >= 0.6 is 0 Å². The number of fused-ring (bicyclic) bond motifs is 1. The smallest absolute Gasteiger partial charge is 0.137 e. The van der Waals surface area contributed by atoms with Gasteiger partial charge in [0.25, 0.3) is 0 Å². The predicted octanol–water partition coefficient (Wildman–Crippen LogP) is 2.20. The first-order valence-electron chi connectivity index (χ1n) is 4.50. The first-order chi connectivity index (χ1) is 6.81. The van der Waals surface area contributed by atoms with Gasteiger partial charge in [0.2, 0.25) is 0 Å². The average Bonchev–Trinajstić information content (AvgIpc) is 2.27. The first kappa shape index (κ1) is 9.09. The largest absolute Gasteiger partial charge is 0.327 e. The summed E-state index contributed by atoms with van der Waals surface area (Å²) in [6.45, 7) is 0.0196. The SMILES string of the molecule is NCC(F)c1ccc2ncccc2c1. The molecule has 3 heteroatoms. The number of nitrogens with two attached hydrogens (primary N) is 1. The molecule has 0 radical (unpaired) electrons. The fourth-order valence-corrected chi connectivity index (χ4v) is 1.43. The van der Waals surface area contributed by atoms with Gasteiger partial charge in [-0.2, -0.15) is 0 Å². The lowest BCUT2D eigenvalue weighted by atomic mass is 10.1. The van der Waals surface area contributed by atoms with E-state index >= 15 is 0 Å². The third-order valence-electron chi connectivity index (χ3n) is 2.20. The fraction of sp³-hybridized carbons (Fsp3) is 0.182. The summed E-state index contributed by atoms with van der Waals surface area (Å²) in [5.41, 5.74) is 6.75. The molecule has 1 aromatic heterocycles. The van der Waals surface area contributed by atoms with E-state index in [4.69, 9.17) is 5.73 Å². The highest BCUT2D eigenvalue weighted by molar-refractivity contribution is 5.79. The molecule has 1 heterocycles. The third-order valence-corrected chi connectivity index (χ3v) is 2.20. The maximum Gasteiger partial charge on any atom is 0.137 e. The van der Waals surface area contributed by atoms with Crippen molar-refractivity contribution in [1.29, 1.82) is 0 Å². The highest BCUT2D eigenvalue weighted by Crippen LogP contribution is 2.20. The molecular weight excluding hydrogens is 179 g/mol. The Balaban J connectivity index is 2.51. The zero-order chi connectivity index (χ0) is 9.97. The lowest BCUT2D eigenvalue weighted by molar-refractivity contribution is 0.353. The van der Waals surface area contributed by atoms with Crippen molar-refractivity contribution in [3.63, 3.8) is 0 Å². The molecule has 1 atom stereocenters. The van der Waals surface area contributed by atoms with Crippen molar-refractivity contribution in [2.75, 3.05) is 6.54 Å². The Morgan fingerprint density at radius 1 is 1.36 bits per heavy atom. The van der Waals surface area contributed by atoms with Crippen molar-refractivity contribution >= 4 is 10.9 Å². The van der Waals surface area contributed by atoms with E-state index in [1.165, 1.54) is 0 Å². The Kier molecular flexibility index (Phi) is 2.41. The van der Waals surface area contributed by atoms with Crippen molar-refractivity contribution in [3.8, 4) is 0 Å². The zero-order valence-electron chi connectivity index (χ0n) is 7.65. The Morgan fingerprint density at radius 3 is 3.00 bits per heavy atom. The second-order valence-corrected chi connectivity index (χ2v) is 3.16. The molecule has 0 bridgehead atoms. The monoisotopic (exact) mass is 190 g/mol. The third kappa shape index (κ3) is 1.59. The van der Waals surface area contributed by atoms with Crippen LogP contribution in [0.2, 0.25) is 0 Å². The van der Waals surface area contributed by atoms with Gasteiger partial charge in [-0.25, -0.2) is 4.39 Å². The Labute approximate surface area is 81.6 Å². The Hall–Kier alpha value is -1.48. The van der Waals surface area contributed by atoms with Crippen LogP contribution in [-0.4, -0.2) is 11.5 Å². The number of pyridine rings is 1. The summed E-state index contributed by atoms with van der Waals surface area (Å²) in [6.07, 6.45) is 0.636. The minimum atomic E-state index is -1.08. The molecule has 2 nitrogen and oxygen atoms in total. The minimum Gasteiger partial charge on any atom is -0.327 e. The van der Waals surface area contributed by atoms with E-state index in [2.05, 4.69) is 4.98 Å². The molecule has 2 rings (SSSR count). The fourth-order valence-electron chi connectivity index (χ4n) is 1.43. The maximum atomic E-state index is 13.2. The number of nitrogens with zero attached hydrogens (tertiary/aromatic N) is 1. The highest BCUT2D eigenvalue weighted by atomic mass is 19.1. The van der Waals surface area contributed by atoms with Gasteiger partial charge < -0.3 is 5.73 Å².